The lowest BCUT2D eigenvalue weighted by Crippen LogP contribution is -1.93. The average Bonchev–Trinajstić information content (AvgIpc) is 2.40. The highest BCUT2D eigenvalue weighted by atomic mass is 16.4. The van der Waals surface area contributed by atoms with E-state index in [4.69, 9.17) is 5.11 Å². The summed E-state index contributed by atoms with van der Waals surface area (Å²) in [6, 6.07) is 0. The van der Waals surface area contributed by atoms with Crippen LogP contribution in [0.4, 0.5) is 0 Å². The molecule has 0 aromatic carbocycles. The Morgan fingerprint density at radius 3 is 1.53 bits per heavy atom. The van der Waals surface area contributed by atoms with Gasteiger partial charge in [-0.3, -0.25) is 4.79 Å². The molecule has 5 nitrogen and oxygen atoms in total. The molecule has 0 aliphatic heterocycles. The summed E-state index contributed by atoms with van der Waals surface area (Å²) in [7, 11) is 4.50. The zero-order chi connectivity index (χ0) is 14.5. The van der Waals surface area contributed by atoms with Crippen LogP contribution in [0.1, 0.15) is 51.9 Å². The van der Waals surface area contributed by atoms with E-state index in [9.17, 15) is 4.79 Å². The first kappa shape index (κ1) is 25.3. The van der Waals surface area contributed by atoms with Crippen molar-refractivity contribution in [3.05, 3.63) is 0 Å². The van der Waals surface area contributed by atoms with E-state index in [2.05, 4.69) is 24.1 Å². The second-order valence-corrected chi connectivity index (χ2v) is 2.91. The summed E-state index contributed by atoms with van der Waals surface area (Å²) in [4.78, 5) is 10.1. The van der Waals surface area contributed by atoms with Crippen molar-refractivity contribution < 1.29 is 9.90 Å². The van der Waals surface area contributed by atoms with Gasteiger partial charge in [-0.25, -0.2) is 0 Å². The molecular formula is C12H33N3O2. The molecule has 0 rings (SSSR count). The number of aliphatic carboxylic acids is 1. The van der Waals surface area contributed by atoms with Gasteiger partial charge in [-0.05, 0) is 27.6 Å². The Labute approximate surface area is 107 Å². The molecule has 0 aliphatic rings. The van der Waals surface area contributed by atoms with E-state index in [0.717, 1.165) is 12.8 Å². The molecule has 7 N–H and O–H groups in total. The summed E-state index contributed by atoms with van der Waals surface area (Å²) in [5.74, 6) is -0.666. The molecule has 0 aliphatic carbocycles. The van der Waals surface area contributed by atoms with E-state index in [-0.39, 0.29) is 0 Å². The molecular weight excluding hydrogens is 218 g/mol. The second kappa shape index (κ2) is 36.2. The molecule has 0 atom stereocenters. The number of rotatable bonds is 7. The highest BCUT2D eigenvalue weighted by Gasteiger charge is 1.95. The molecule has 0 saturated heterocycles. The van der Waals surface area contributed by atoms with Crippen molar-refractivity contribution >= 4 is 5.97 Å². The SMILES string of the molecule is CCCCCCCCC(=O)O.CN.CN.CN. The number of carboxylic acids is 1. The van der Waals surface area contributed by atoms with Gasteiger partial charge in [-0.2, -0.15) is 0 Å². The van der Waals surface area contributed by atoms with Gasteiger partial charge >= 0.3 is 5.97 Å². The molecule has 5 heteroatoms. The third kappa shape index (κ3) is 50.6. The smallest absolute Gasteiger partial charge is 0.303 e. The summed E-state index contributed by atoms with van der Waals surface area (Å²) in [6.07, 6.45) is 7.25. The Kier molecular flexibility index (Phi) is 53.7. The van der Waals surface area contributed by atoms with Gasteiger partial charge in [0.15, 0.2) is 0 Å². The van der Waals surface area contributed by atoms with E-state index >= 15 is 0 Å². The highest BCUT2D eigenvalue weighted by Crippen LogP contribution is 2.06. The first-order chi connectivity index (χ1) is 8.27. The molecule has 0 bridgehead atoms. The molecule has 0 spiro atoms. The predicted molar refractivity (Wildman–Crippen MR) is 76.0 cm³/mol. The quantitative estimate of drug-likeness (QED) is 0.512. The lowest BCUT2D eigenvalue weighted by molar-refractivity contribution is -0.137. The molecule has 0 aromatic heterocycles. The normalized spacial score (nSPS) is 7.47. The van der Waals surface area contributed by atoms with Gasteiger partial charge in [0.2, 0.25) is 0 Å². The van der Waals surface area contributed by atoms with Crippen LogP contribution in [0.3, 0.4) is 0 Å². The fourth-order valence-corrected chi connectivity index (χ4v) is 1.06. The van der Waals surface area contributed by atoms with Crippen molar-refractivity contribution in [2.24, 2.45) is 17.2 Å². The molecule has 0 aromatic rings. The van der Waals surface area contributed by atoms with Crippen LogP contribution in [-0.2, 0) is 4.79 Å². The van der Waals surface area contributed by atoms with Crippen molar-refractivity contribution in [2.45, 2.75) is 51.9 Å². The lowest BCUT2D eigenvalue weighted by atomic mass is 10.1. The third-order valence-electron chi connectivity index (χ3n) is 1.74. The third-order valence-corrected chi connectivity index (χ3v) is 1.74. The van der Waals surface area contributed by atoms with Crippen molar-refractivity contribution in [3.63, 3.8) is 0 Å². The molecule has 0 saturated carbocycles. The van der Waals surface area contributed by atoms with Crippen LogP contribution in [-0.4, -0.2) is 32.2 Å². The van der Waals surface area contributed by atoms with Crippen molar-refractivity contribution in [1.29, 1.82) is 0 Å². The summed E-state index contributed by atoms with van der Waals surface area (Å²) in [5, 5.41) is 8.32. The second-order valence-electron chi connectivity index (χ2n) is 2.91. The number of carbonyl (C=O) groups is 1. The van der Waals surface area contributed by atoms with Crippen LogP contribution in [0.5, 0.6) is 0 Å². The lowest BCUT2D eigenvalue weighted by Gasteiger charge is -1.97. The molecule has 0 fully saturated rings. The minimum Gasteiger partial charge on any atom is -0.481 e. The topological polar surface area (TPSA) is 115 Å². The fraction of sp³-hybridized carbons (Fsp3) is 0.917. The number of carboxylic acid groups (broad SMARTS) is 1. The molecule has 0 amide bonds. The van der Waals surface area contributed by atoms with Crippen LogP contribution >= 0.6 is 0 Å². The summed E-state index contributed by atoms with van der Waals surface area (Å²) in [6.45, 7) is 2.18. The van der Waals surface area contributed by atoms with Gasteiger partial charge in [0.25, 0.3) is 0 Å². The van der Waals surface area contributed by atoms with Crippen LogP contribution < -0.4 is 17.2 Å². The first-order valence-electron chi connectivity index (χ1n) is 6.22. The predicted octanol–water partition coefficient (Wildman–Crippen LogP) is 1.55. The standard InChI is InChI=1S/C9H18O2.3CH5N/c1-2-3-4-5-6-7-8-9(10)11;3*1-2/h2-8H2,1H3,(H,10,11);3*2H2,1H3. The number of nitrogens with two attached hydrogens (primary N) is 3. The van der Waals surface area contributed by atoms with Crippen molar-refractivity contribution in [3.8, 4) is 0 Å². The average molecular weight is 251 g/mol. The molecule has 17 heavy (non-hydrogen) atoms. The van der Waals surface area contributed by atoms with Crippen molar-refractivity contribution in [1.82, 2.24) is 0 Å². The zero-order valence-corrected chi connectivity index (χ0v) is 12.0. The maximum Gasteiger partial charge on any atom is 0.303 e. The Balaban J connectivity index is -0.000000121. The van der Waals surface area contributed by atoms with E-state index in [1.165, 1.54) is 46.8 Å². The largest absolute Gasteiger partial charge is 0.481 e. The molecule has 0 radical (unpaired) electrons. The maximum atomic E-state index is 10.1. The Morgan fingerprint density at radius 1 is 0.824 bits per heavy atom. The van der Waals surface area contributed by atoms with E-state index in [1.54, 1.807) is 0 Å². The van der Waals surface area contributed by atoms with Gasteiger partial charge in [0.1, 0.15) is 0 Å². The van der Waals surface area contributed by atoms with Gasteiger partial charge < -0.3 is 22.3 Å². The Hall–Kier alpha value is -0.650. The minimum absolute atomic E-state index is 0.339. The van der Waals surface area contributed by atoms with Crippen LogP contribution in [0.2, 0.25) is 0 Å². The van der Waals surface area contributed by atoms with E-state index in [0.29, 0.717) is 6.42 Å². The van der Waals surface area contributed by atoms with Gasteiger partial charge in [0, 0.05) is 6.42 Å². The molecule has 0 heterocycles. The number of hydrogen-bond donors (Lipinski definition) is 4. The molecule has 108 valence electrons. The van der Waals surface area contributed by atoms with Crippen LogP contribution in [0, 0.1) is 0 Å². The van der Waals surface area contributed by atoms with Crippen LogP contribution in [0.15, 0.2) is 0 Å². The number of unbranched alkanes of at least 4 members (excludes halogenated alkanes) is 5. The minimum atomic E-state index is -0.666. The summed E-state index contributed by atoms with van der Waals surface area (Å²) < 4.78 is 0. The van der Waals surface area contributed by atoms with E-state index in [1.807, 2.05) is 0 Å². The van der Waals surface area contributed by atoms with Crippen LogP contribution in [0.25, 0.3) is 0 Å². The van der Waals surface area contributed by atoms with Crippen molar-refractivity contribution in [2.75, 3.05) is 21.1 Å². The van der Waals surface area contributed by atoms with Gasteiger partial charge in [-0.1, -0.05) is 39.0 Å². The fourth-order valence-electron chi connectivity index (χ4n) is 1.06. The highest BCUT2D eigenvalue weighted by molar-refractivity contribution is 5.66. The Morgan fingerprint density at radius 2 is 1.18 bits per heavy atom. The summed E-state index contributed by atoms with van der Waals surface area (Å²) in [5.41, 5.74) is 13.5. The zero-order valence-electron chi connectivity index (χ0n) is 12.0. The van der Waals surface area contributed by atoms with Gasteiger partial charge in [0.05, 0.1) is 0 Å². The molecule has 0 unspecified atom stereocenters. The summed E-state index contributed by atoms with van der Waals surface area (Å²) >= 11 is 0. The number of hydrogen-bond acceptors (Lipinski definition) is 4. The Bertz CT molecular complexity index is 112. The van der Waals surface area contributed by atoms with E-state index < -0.39 is 5.97 Å². The maximum absolute atomic E-state index is 10.1. The monoisotopic (exact) mass is 251 g/mol. The van der Waals surface area contributed by atoms with Gasteiger partial charge in [-0.15, -0.1) is 0 Å². The first-order valence-corrected chi connectivity index (χ1v) is 6.22.